The molecule has 0 bridgehead atoms. The summed E-state index contributed by atoms with van der Waals surface area (Å²) >= 11 is 0. The quantitative estimate of drug-likeness (QED) is 0.732. The molecule has 0 fully saturated rings. The van der Waals surface area contributed by atoms with E-state index in [1.807, 2.05) is 60.7 Å². The van der Waals surface area contributed by atoms with Crippen molar-refractivity contribution in [1.82, 2.24) is 25.5 Å². The predicted molar refractivity (Wildman–Crippen MR) is 86.5 cm³/mol. The van der Waals surface area contributed by atoms with Crippen LogP contribution in [0.25, 0.3) is 11.8 Å². The Bertz CT molecular complexity index is 796. The molecule has 23 heavy (non-hydrogen) atoms. The standard InChI is InChI=1S/C17H15N5O/c23-17(12-11-14-7-3-1-4-8-14)18-13-16-19-20-21-22(16)15-9-5-2-6-10-15/h1-12H,13H2,(H,18,23). The smallest absolute Gasteiger partial charge is 0.244 e. The highest BCUT2D eigenvalue weighted by Gasteiger charge is 2.08. The van der Waals surface area contributed by atoms with Gasteiger partial charge in [-0.3, -0.25) is 4.79 Å². The van der Waals surface area contributed by atoms with Crippen molar-refractivity contribution in [3.63, 3.8) is 0 Å². The number of rotatable bonds is 5. The molecule has 1 aromatic heterocycles. The van der Waals surface area contributed by atoms with Gasteiger partial charge >= 0.3 is 0 Å². The molecule has 1 N–H and O–H groups in total. The van der Waals surface area contributed by atoms with Crippen LogP contribution in [0, 0.1) is 0 Å². The first-order chi connectivity index (χ1) is 11.3. The van der Waals surface area contributed by atoms with E-state index in [4.69, 9.17) is 0 Å². The largest absolute Gasteiger partial charge is 0.345 e. The molecule has 1 heterocycles. The number of aromatic nitrogens is 4. The summed E-state index contributed by atoms with van der Waals surface area (Å²) in [4.78, 5) is 11.9. The van der Waals surface area contributed by atoms with E-state index in [-0.39, 0.29) is 12.5 Å². The Morgan fingerprint density at radius 3 is 2.48 bits per heavy atom. The van der Waals surface area contributed by atoms with Crippen LogP contribution in [0.5, 0.6) is 0 Å². The zero-order valence-corrected chi connectivity index (χ0v) is 12.3. The number of hydrogen-bond donors (Lipinski definition) is 1. The van der Waals surface area contributed by atoms with Gasteiger partial charge in [-0.15, -0.1) is 5.10 Å². The monoisotopic (exact) mass is 305 g/mol. The van der Waals surface area contributed by atoms with Crippen molar-refractivity contribution in [3.05, 3.63) is 78.1 Å². The van der Waals surface area contributed by atoms with Crippen LogP contribution in [0.1, 0.15) is 11.4 Å². The Balaban J connectivity index is 1.62. The van der Waals surface area contributed by atoms with Gasteiger partial charge in [-0.1, -0.05) is 48.5 Å². The highest BCUT2D eigenvalue weighted by molar-refractivity contribution is 5.91. The van der Waals surface area contributed by atoms with Crippen molar-refractivity contribution in [2.24, 2.45) is 0 Å². The number of carbonyl (C=O) groups is 1. The van der Waals surface area contributed by atoms with Gasteiger partial charge in [-0.25, -0.2) is 0 Å². The Labute approximate surface area is 133 Å². The average Bonchev–Trinajstić information content (AvgIpc) is 3.08. The lowest BCUT2D eigenvalue weighted by Crippen LogP contribution is -2.22. The van der Waals surface area contributed by atoms with Crippen LogP contribution < -0.4 is 5.32 Å². The second-order valence-corrected chi connectivity index (χ2v) is 4.80. The van der Waals surface area contributed by atoms with Crippen molar-refractivity contribution in [1.29, 1.82) is 0 Å². The van der Waals surface area contributed by atoms with Gasteiger partial charge in [0.15, 0.2) is 5.82 Å². The topological polar surface area (TPSA) is 72.7 Å². The summed E-state index contributed by atoms with van der Waals surface area (Å²) in [6, 6.07) is 19.2. The number of para-hydroxylation sites is 1. The van der Waals surface area contributed by atoms with Crippen LogP contribution >= 0.6 is 0 Å². The lowest BCUT2D eigenvalue weighted by molar-refractivity contribution is -0.116. The number of nitrogens with zero attached hydrogens (tertiary/aromatic N) is 4. The number of benzene rings is 2. The predicted octanol–water partition coefficient (Wildman–Crippen LogP) is 1.99. The third kappa shape index (κ3) is 3.88. The van der Waals surface area contributed by atoms with E-state index in [1.165, 1.54) is 6.08 Å². The Hall–Kier alpha value is -3.28. The van der Waals surface area contributed by atoms with Crippen LogP contribution in [0.4, 0.5) is 0 Å². The molecule has 0 spiro atoms. The van der Waals surface area contributed by atoms with Crippen molar-refractivity contribution in [3.8, 4) is 5.69 Å². The van der Waals surface area contributed by atoms with Crippen LogP contribution in [0.2, 0.25) is 0 Å². The summed E-state index contributed by atoms with van der Waals surface area (Å²) < 4.78 is 1.60. The van der Waals surface area contributed by atoms with E-state index in [1.54, 1.807) is 10.8 Å². The third-order valence-corrected chi connectivity index (χ3v) is 3.18. The van der Waals surface area contributed by atoms with Crippen LogP contribution in [-0.4, -0.2) is 26.1 Å². The fourth-order valence-corrected chi connectivity index (χ4v) is 2.05. The molecule has 0 aliphatic heterocycles. The van der Waals surface area contributed by atoms with E-state index in [9.17, 15) is 4.79 Å². The second-order valence-electron chi connectivity index (χ2n) is 4.80. The lowest BCUT2D eigenvalue weighted by atomic mass is 10.2. The van der Waals surface area contributed by atoms with Crippen LogP contribution in [0.15, 0.2) is 66.7 Å². The molecule has 0 aliphatic rings. The Morgan fingerprint density at radius 1 is 1.04 bits per heavy atom. The molecule has 0 atom stereocenters. The molecule has 0 radical (unpaired) electrons. The Morgan fingerprint density at radius 2 is 1.74 bits per heavy atom. The minimum absolute atomic E-state index is 0.198. The normalized spacial score (nSPS) is 10.8. The number of carbonyl (C=O) groups excluding carboxylic acids is 1. The van der Waals surface area contributed by atoms with Gasteiger partial charge in [0.1, 0.15) is 0 Å². The van der Waals surface area contributed by atoms with Gasteiger partial charge in [0.25, 0.3) is 0 Å². The molecule has 0 saturated heterocycles. The van der Waals surface area contributed by atoms with Crippen molar-refractivity contribution >= 4 is 12.0 Å². The maximum atomic E-state index is 11.9. The maximum Gasteiger partial charge on any atom is 0.244 e. The van der Waals surface area contributed by atoms with Crippen molar-refractivity contribution in [2.45, 2.75) is 6.54 Å². The van der Waals surface area contributed by atoms with Gasteiger partial charge in [0, 0.05) is 6.08 Å². The molecule has 6 nitrogen and oxygen atoms in total. The second kappa shape index (κ2) is 7.13. The molecule has 0 unspecified atom stereocenters. The SMILES string of the molecule is O=C(C=Cc1ccccc1)NCc1nnnn1-c1ccccc1. The lowest BCUT2D eigenvalue weighted by Gasteiger charge is -2.04. The molecule has 0 saturated carbocycles. The highest BCUT2D eigenvalue weighted by Crippen LogP contribution is 2.06. The molecule has 2 aromatic carbocycles. The van der Waals surface area contributed by atoms with Crippen LogP contribution in [-0.2, 0) is 11.3 Å². The first kappa shape index (κ1) is 14.6. The number of amides is 1. The zero-order valence-electron chi connectivity index (χ0n) is 12.3. The Kier molecular flexibility index (Phi) is 4.54. The minimum atomic E-state index is -0.198. The van der Waals surface area contributed by atoms with Gasteiger partial charge < -0.3 is 5.32 Å². The van der Waals surface area contributed by atoms with Gasteiger partial charge in [-0.05, 0) is 34.2 Å². The molecule has 1 amide bonds. The summed E-state index contributed by atoms with van der Waals surface area (Å²) in [6.45, 7) is 0.250. The third-order valence-electron chi connectivity index (χ3n) is 3.18. The summed E-state index contributed by atoms with van der Waals surface area (Å²) in [6.07, 6.45) is 3.25. The summed E-state index contributed by atoms with van der Waals surface area (Å²) in [5.41, 5.74) is 1.82. The average molecular weight is 305 g/mol. The zero-order chi connectivity index (χ0) is 15.9. The number of hydrogen-bond acceptors (Lipinski definition) is 4. The summed E-state index contributed by atoms with van der Waals surface area (Å²) in [5, 5.41) is 14.3. The number of nitrogens with one attached hydrogen (secondary N) is 1. The summed E-state index contributed by atoms with van der Waals surface area (Å²) in [7, 11) is 0. The number of tetrazole rings is 1. The first-order valence-corrected chi connectivity index (χ1v) is 7.16. The van der Waals surface area contributed by atoms with E-state index >= 15 is 0 Å². The van der Waals surface area contributed by atoms with E-state index in [0.717, 1.165) is 11.3 Å². The molecule has 6 heteroatoms. The van der Waals surface area contributed by atoms with E-state index in [0.29, 0.717) is 5.82 Å². The maximum absolute atomic E-state index is 11.9. The molecule has 3 aromatic rings. The molecule has 0 aliphatic carbocycles. The van der Waals surface area contributed by atoms with Gasteiger partial charge in [0.2, 0.25) is 5.91 Å². The van der Waals surface area contributed by atoms with E-state index in [2.05, 4.69) is 20.8 Å². The molecule has 3 rings (SSSR count). The summed E-state index contributed by atoms with van der Waals surface area (Å²) in [5.74, 6) is 0.370. The highest BCUT2D eigenvalue weighted by atomic mass is 16.1. The minimum Gasteiger partial charge on any atom is -0.345 e. The fraction of sp³-hybridized carbons (Fsp3) is 0.0588. The van der Waals surface area contributed by atoms with E-state index < -0.39 is 0 Å². The van der Waals surface area contributed by atoms with Crippen LogP contribution in [0.3, 0.4) is 0 Å². The molecular formula is C17H15N5O. The van der Waals surface area contributed by atoms with Crippen molar-refractivity contribution < 1.29 is 4.79 Å². The molecular weight excluding hydrogens is 290 g/mol. The van der Waals surface area contributed by atoms with Gasteiger partial charge in [-0.2, -0.15) is 4.68 Å². The fourth-order valence-electron chi connectivity index (χ4n) is 2.05. The first-order valence-electron chi connectivity index (χ1n) is 7.16. The molecule has 114 valence electrons. The van der Waals surface area contributed by atoms with Gasteiger partial charge in [0.05, 0.1) is 12.2 Å². The van der Waals surface area contributed by atoms with Crippen molar-refractivity contribution in [2.75, 3.05) is 0 Å².